The van der Waals surface area contributed by atoms with E-state index in [1.54, 1.807) is 6.92 Å². The molecule has 28 heavy (non-hydrogen) atoms. The molecule has 0 fully saturated rings. The molecule has 0 radical (unpaired) electrons. The van der Waals surface area contributed by atoms with Crippen molar-refractivity contribution in [1.82, 2.24) is 15.2 Å². The molecule has 146 valence electrons. The number of benzene rings is 1. The van der Waals surface area contributed by atoms with Crippen LogP contribution in [0.1, 0.15) is 51.5 Å². The Morgan fingerprint density at radius 3 is 2.57 bits per heavy atom. The van der Waals surface area contributed by atoms with Crippen LogP contribution < -0.4 is 5.32 Å². The number of thioether (sulfide) groups is 1. The summed E-state index contributed by atoms with van der Waals surface area (Å²) in [6.45, 7) is 7.65. The lowest BCUT2D eigenvalue weighted by Crippen LogP contribution is -2.15. The third-order valence-corrected chi connectivity index (χ3v) is 6.44. The summed E-state index contributed by atoms with van der Waals surface area (Å²) in [5.74, 6) is -0.0871. The second kappa shape index (κ2) is 8.70. The number of carbonyl (C=O) groups is 2. The lowest BCUT2D eigenvalue weighted by molar-refractivity contribution is 0.0988. The van der Waals surface area contributed by atoms with Gasteiger partial charge in [-0.3, -0.25) is 9.59 Å². The zero-order chi connectivity index (χ0) is 20.3. The lowest BCUT2D eigenvalue weighted by Gasteiger charge is -2.07. The molecular formula is C20H22N4O2S2. The van der Waals surface area contributed by atoms with Gasteiger partial charge in [0.05, 0.1) is 10.9 Å². The molecule has 0 bridgehead atoms. The van der Waals surface area contributed by atoms with Gasteiger partial charge in [0, 0.05) is 17.8 Å². The molecule has 2 aromatic heterocycles. The van der Waals surface area contributed by atoms with Gasteiger partial charge in [0.25, 0.3) is 0 Å². The summed E-state index contributed by atoms with van der Waals surface area (Å²) >= 11 is 2.80. The molecule has 1 aromatic carbocycles. The van der Waals surface area contributed by atoms with E-state index >= 15 is 0 Å². The highest BCUT2D eigenvalue weighted by atomic mass is 32.2. The maximum absolute atomic E-state index is 12.9. The summed E-state index contributed by atoms with van der Waals surface area (Å²) < 4.78 is 0.726. The predicted molar refractivity (Wildman–Crippen MR) is 114 cm³/mol. The van der Waals surface area contributed by atoms with Crippen LogP contribution in [-0.4, -0.2) is 32.0 Å². The van der Waals surface area contributed by atoms with E-state index in [0.717, 1.165) is 20.7 Å². The molecule has 3 aromatic rings. The first kappa shape index (κ1) is 20.3. The van der Waals surface area contributed by atoms with Crippen LogP contribution in [0.5, 0.6) is 0 Å². The standard InChI is InChI=1S/C20H22N4O2S2/c1-11-16(13(3)25)12(2)22-17(11)18(26)14(4)27-20-24-23-19(28-20)21-10-15-8-6-5-7-9-15/h5-9,14,22H,10H2,1-4H3,(H,21,23)/t14-/m1/s1. The third-order valence-electron chi connectivity index (χ3n) is 4.38. The van der Waals surface area contributed by atoms with E-state index in [0.29, 0.717) is 23.4 Å². The van der Waals surface area contributed by atoms with Crippen molar-refractivity contribution in [3.8, 4) is 0 Å². The van der Waals surface area contributed by atoms with Gasteiger partial charge in [0.2, 0.25) is 5.13 Å². The van der Waals surface area contributed by atoms with Gasteiger partial charge >= 0.3 is 0 Å². The number of nitrogens with zero attached hydrogens (tertiary/aromatic N) is 2. The molecular weight excluding hydrogens is 392 g/mol. The highest BCUT2D eigenvalue weighted by molar-refractivity contribution is 8.02. The van der Waals surface area contributed by atoms with Gasteiger partial charge in [-0.2, -0.15) is 0 Å². The van der Waals surface area contributed by atoms with Crippen molar-refractivity contribution >= 4 is 39.8 Å². The Labute approximate surface area is 172 Å². The minimum absolute atomic E-state index is 0.0381. The number of anilines is 1. The van der Waals surface area contributed by atoms with Crippen molar-refractivity contribution in [3.63, 3.8) is 0 Å². The van der Waals surface area contributed by atoms with Crippen LogP contribution in [0.4, 0.5) is 5.13 Å². The maximum atomic E-state index is 12.9. The van der Waals surface area contributed by atoms with Crippen molar-refractivity contribution < 1.29 is 9.59 Å². The average molecular weight is 415 g/mol. The Morgan fingerprint density at radius 1 is 1.21 bits per heavy atom. The van der Waals surface area contributed by atoms with Gasteiger partial charge in [0.1, 0.15) is 0 Å². The Kier molecular flexibility index (Phi) is 6.31. The number of carbonyl (C=O) groups excluding carboxylic acids is 2. The van der Waals surface area contributed by atoms with Gasteiger partial charge in [-0.15, -0.1) is 10.2 Å². The molecule has 2 heterocycles. The lowest BCUT2D eigenvalue weighted by atomic mass is 10.0. The number of aromatic amines is 1. The number of aromatic nitrogens is 3. The molecule has 0 aliphatic rings. The van der Waals surface area contributed by atoms with E-state index in [1.807, 2.05) is 44.2 Å². The second-order valence-corrected chi connectivity index (χ2v) is 9.08. The monoisotopic (exact) mass is 414 g/mol. The normalized spacial score (nSPS) is 12.0. The van der Waals surface area contributed by atoms with Crippen molar-refractivity contribution in [2.24, 2.45) is 0 Å². The first-order valence-electron chi connectivity index (χ1n) is 8.89. The van der Waals surface area contributed by atoms with E-state index in [9.17, 15) is 9.59 Å². The van der Waals surface area contributed by atoms with Crippen LogP contribution >= 0.6 is 23.1 Å². The van der Waals surface area contributed by atoms with E-state index in [2.05, 4.69) is 20.5 Å². The summed E-state index contributed by atoms with van der Waals surface area (Å²) in [6.07, 6.45) is 0. The predicted octanol–water partition coefficient (Wildman–Crippen LogP) is 4.66. The molecule has 0 saturated carbocycles. The SMILES string of the molecule is CC(=O)c1c(C)[nH]c(C(=O)[C@@H](C)Sc2nnc(NCc3ccccc3)s2)c1C. The van der Waals surface area contributed by atoms with E-state index in [1.165, 1.54) is 30.0 Å². The Hall–Kier alpha value is -2.45. The van der Waals surface area contributed by atoms with Gasteiger partial charge in [-0.25, -0.2) is 0 Å². The largest absolute Gasteiger partial charge is 0.356 e. The van der Waals surface area contributed by atoms with Crippen molar-refractivity contribution in [2.75, 3.05) is 5.32 Å². The highest BCUT2D eigenvalue weighted by Crippen LogP contribution is 2.31. The molecule has 8 heteroatoms. The van der Waals surface area contributed by atoms with E-state index in [-0.39, 0.29) is 16.8 Å². The fourth-order valence-corrected chi connectivity index (χ4v) is 4.99. The first-order valence-corrected chi connectivity index (χ1v) is 10.6. The average Bonchev–Trinajstić information content (AvgIpc) is 3.23. The zero-order valence-corrected chi connectivity index (χ0v) is 17.8. The fourth-order valence-electron chi connectivity index (χ4n) is 3.03. The Bertz CT molecular complexity index is 995. The number of ketones is 2. The molecule has 2 N–H and O–H groups in total. The number of nitrogens with one attached hydrogen (secondary N) is 2. The molecule has 1 atom stereocenters. The molecule has 0 aliphatic carbocycles. The van der Waals surface area contributed by atoms with Crippen LogP contribution in [0.3, 0.4) is 0 Å². The molecule has 0 saturated heterocycles. The summed E-state index contributed by atoms with van der Waals surface area (Å²) in [5, 5.41) is 11.9. The Balaban J connectivity index is 1.64. The smallest absolute Gasteiger partial charge is 0.206 e. The van der Waals surface area contributed by atoms with Gasteiger partial charge in [-0.1, -0.05) is 53.4 Å². The molecule has 3 rings (SSSR count). The number of aryl methyl sites for hydroxylation is 1. The van der Waals surface area contributed by atoms with Crippen molar-refractivity contribution in [2.45, 2.75) is 43.8 Å². The Morgan fingerprint density at radius 2 is 1.93 bits per heavy atom. The summed E-state index contributed by atoms with van der Waals surface area (Å²) in [6, 6.07) is 10.1. The summed E-state index contributed by atoms with van der Waals surface area (Å²) in [5.41, 5.74) is 3.70. The zero-order valence-electron chi connectivity index (χ0n) is 16.2. The van der Waals surface area contributed by atoms with Gasteiger partial charge in [-0.05, 0) is 38.8 Å². The van der Waals surface area contributed by atoms with Crippen LogP contribution in [0, 0.1) is 13.8 Å². The molecule has 0 aliphatic heterocycles. The fraction of sp³-hybridized carbons (Fsp3) is 0.300. The van der Waals surface area contributed by atoms with E-state index < -0.39 is 0 Å². The number of H-pyrrole nitrogens is 1. The van der Waals surface area contributed by atoms with Crippen LogP contribution in [-0.2, 0) is 6.54 Å². The first-order chi connectivity index (χ1) is 13.4. The second-order valence-electron chi connectivity index (χ2n) is 6.52. The summed E-state index contributed by atoms with van der Waals surface area (Å²) in [4.78, 5) is 27.7. The van der Waals surface area contributed by atoms with Gasteiger partial charge in [0.15, 0.2) is 15.9 Å². The van der Waals surface area contributed by atoms with Crippen molar-refractivity contribution in [1.29, 1.82) is 0 Å². The minimum Gasteiger partial charge on any atom is -0.356 e. The number of hydrogen-bond acceptors (Lipinski definition) is 7. The number of hydrogen-bond donors (Lipinski definition) is 2. The molecule has 6 nitrogen and oxygen atoms in total. The molecule has 0 amide bonds. The minimum atomic E-state index is -0.341. The number of Topliss-reactive ketones (excluding diaryl/α,β-unsaturated/α-hetero) is 2. The highest BCUT2D eigenvalue weighted by Gasteiger charge is 2.25. The quantitative estimate of drug-likeness (QED) is 0.412. The summed E-state index contributed by atoms with van der Waals surface area (Å²) in [7, 11) is 0. The molecule has 0 unspecified atom stereocenters. The molecule has 0 spiro atoms. The van der Waals surface area contributed by atoms with Crippen LogP contribution in [0.2, 0.25) is 0 Å². The van der Waals surface area contributed by atoms with Gasteiger partial charge < -0.3 is 10.3 Å². The maximum Gasteiger partial charge on any atom is 0.206 e. The number of rotatable bonds is 8. The third kappa shape index (κ3) is 4.51. The van der Waals surface area contributed by atoms with Crippen LogP contribution in [0.15, 0.2) is 34.7 Å². The van der Waals surface area contributed by atoms with E-state index in [4.69, 9.17) is 0 Å². The topological polar surface area (TPSA) is 87.7 Å². The van der Waals surface area contributed by atoms with Crippen molar-refractivity contribution in [3.05, 3.63) is 58.4 Å². The van der Waals surface area contributed by atoms with Crippen LogP contribution in [0.25, 0.3) is 0 Å².